The molecule has 0 spiro atoms. The first-order valence-corrected chi connectivity index (χ1v) is 12.2. The first-order chi connectivity index (χ1) is 16.5. The molecule has 3 aromatic carbocycles. The number of nitrogens with one attached hydrogen (secondary N) is 2. The van der Waals surface area contributed by atoms with Crippen LogP contribution in [-0.2, 0) is 11.3 Å². The van der Waals surface area contributed by atoms with Crippen molar-refractivity contribution in [1.82, 2.24) is 20.1 Å². The number of thioether (sulfide) groups is 1. The van der Waals surface area contributed by atoms with Gasteiger partial charge in [-0.2, -0.15) is 0 Å². The average Bonchev–Trinajstić information content (AvgIpc) is 3.26. The largest absolute Gasteiger partial charge is 0.342 e. The van der Waals surface area contributed by atoms with Crippen LogP contribution in [0.4, 0.5) is 5.69 Å². The number of anilines is 1. The van der Waals surface area contributed by atoms with Gasteiger partial charge in [0.25, 0.3) is 5.91 Å². The summed E-state index contributed by atoms with van der Waals surface area (Å²) in [5.41, 5.74) is 1.29. The molecular weight excluding hydrogens is 470 g/mol. The maximum atomic E-state index is 12.6. The molecule has 1 aromatic heterocycles. The molecular formula is C25H24ClN5O2S. The van der Waals surface area contributed by atoms with Crippen LogP contribution >= 0.6 is 23.4 Å². The van der Waals surface area contributed by atoms with E-state index in [0.717, 1.165) is 16.5 Å². The summed E-state index contributed by atoms with van der Waals surface area (Å²) < 4.78 is 1.91. The van der Waals surface area contributed by atoms with E-state index in [1.54, 1.807) is 24.3 Å². The normalized spacial score (nSPS) is 11.9. The number of hydrogen-bond donors (Lipinski definition) is 2. The Morgan fingerprint density at radius 3 is 2.53 bits per heavy atom. The molecule has 0 aliphatic carbocycles. The highest BCUT2D eigenvalue weighted by Gasteiger charge is 2.20. The lowest BCUT2D eigenvalue weighted by molar-refractivity contribution is -0.113. The molecule has 0 aliphatic heterocycles. The number of carbonyl (C=O) groups excluding carboxylic acids is 2. The maximum absolute atomic E-state index is 12.6. The van der Waals surface area contributed by atoms with E-state index in [-0.39, 0.29) is 23.6 Å². The van der Waals surface area contributed by atoms with Crippen molar-refractivity contribution in [3.63, 3.8) is 0 Å². The molecule has 34 heavy (non-hydrogen) atoms. The molecule has 2 amide bonds. The van der Waals surface area contributed by atoms with Crippen LogP contribution in [0.1, 0.15) is 36.1 Å². The second kappa shape index (κ2) is 10.7. The highest BCUT2D eigenvalue weighted by atomic mass is 35.5. The van der Waals surface area contributed by atoms with Gasteiger partial charge in [-0.15, -0.1) is 10.2 Å². The van der Waals surface area contributed by atoms with Crippen LogP contribution in [-0.4, -0.2) is 32.3 Å². The number of hydrogen-bond acceptors (Lipinski definition) is 5. The van der Waals surface area contributed by atoms with Crippen molar-refractivity contribution in [3.8, 4) is 0 Å². The summed E-state index contributed by atoms with van der Waals surface area (Å²) in [5, 5.41) is 17.7. The van der Waals surface area contributed by atoms with Crippen LogP contribution < -0.4 is 10.6 Å². The van der Waals surface area contributed by atoms with Gasteiger partial charge in [-0.1, -0.05) is 59.8 Å². The smallest absolute Gasteiger partial charge is 0.251 e. The predicted octanol–water partition coefficient (Wildman–Crippen LogP) is 5.33. The zero-order chi connectivity index (χ0) is 24.1. The molecule has 0 unspecified atom stereocenters. The standard InChI is InChI=1S/C25H24ClN5O2S/c1-3-31-23(16(2)27-24(33)18-11-13-19(26)14-12-18)29-30-25(31)34-15-22(32)28-21-10-6-8-17-7-4-5-9-20(17)21/h4-14,16H,3,15H2,1-2H3,(H,27,33)(H,28,32)/t16-/m1/s1. The molecule has 4 aromatic rings. The lowest BCUT2D eigenvalue weighted by atomic mass is 10.1. The van der Waals surface area contributed by atoms with E-state index in [1.165, 1.54) is 11.8 Å². The quantitative estimate of drug-likeness (QED) is 0.324. The topological polar surface area (TPSA) is 88.9 Å². The van der Waals surface area contributed by atoms with E-state index in [9.17, 15) is 9.59 Å². The second-order valence-electron chi connectivity index (χ2n) is 7.65. The van der Waals surface area contributed by atoms with E-state index in [1.807, 2.05) is 60.9 Å². The number of carbonyl (C=O) groups is 2. The molecule has 0 aliphatic rings. The zero-order valence-electron chi connectivity index (χ0n) is 18.8. The Bertz CT molecular complexity index is 1320. The summed E-state index contributed by atoms with van der Waals surface area (Å²) in [6.07, 6.45) is 0. The monoisotopic (exact) mass is 493 g/mol. The summed E-state index contributed by atoms with van der Waals surface area (Å²) in [6.45, 7) is 4.43. The molecule has 0 saturated heterocycles. The summed E-state index contributed by atoms with van der Waals surface area (Å²) in [5.74, 6) is 0.463. The molecule has 7 nitrogen and oxygen atoms in total. The minimum Gasteiger partial charge on any atom is -0.342 e. The van der Waals surface area contributed by atoms with Crippen molar-refractivity contribution in [2.75, 3.05) is 11.1 Å². The molecule has 0 saturated carbocycles. The van der Waals surface area contributed by atoms with E-state index >= 15 is 0 Å². The minimum atomic E-state index is -0.366. The third-order valence-corrected chi connectivity index (χ3v) is 6.52. The lowest BCUT2D eigenvalue weighted by Gasteiger charge is -2.15. The van der Waals surface area contributed by atoms with Crippen molar-refractivity contribution in [2.45, 2.75) is 31.6 Å². The Labute approximate surface area is 206 Å². The van der Waals surface area contributed by atoms with Gasteiger partial charge >= 0.3 is 0 Å². The predicted molar refractivity (Wildman–Crippen MR) is 136 cm³/mol. The highest BCUT2D eigenvalue weighted by Crippen LogP contribution is 2.25. The highest BCUT2D eigenvalue weighted by molar-refractivity contribution is 7.99. The molecule has 0 fully saturated rings. The molecule has 2 N–H and O–H groups in total. The Morgan fingerprint density at radius 1 is 1.03 bits per heavy atom. The lowest BCUT2D eigenvalue weighted by Crippen LogP contribution is -2.28. The Balaban J connectivity index is 1.40. The van der Waals surface area contributed by atoms with Crippen molar-refractivity contribution in [2.24, 2.45) is 0 Å². The number of rotatable bonds is 8. The van der Waals surface area contributed by atoms with Gasteiger partial charge in [-0.3, -0.25) is 9.59 Å². The molecule has 0 radical (unpaired) electrons. The Hall–Kier alpha value is -3.36. The van der Waals surface area contributed by atoms with Crippen LogP contribution in [0.5, 0.6) is 0 Å². The molecule has 4 rings (SSSR count). The third kappa shape index (κ3) is 5.40. The number of nitrogens with zero attached hydrogens (tertiary/aromatic N) is 3. The molecule has 1 heterocycles. The Kier molecular flexibility index (Phi) is 7.49. The first-order valence-electron chi connectivity index (χ1n) is 10.9. The van der Waals surface area contributed by atoms with Crippen LogP contribution in [0.15, 0.2) is 71.9 Å². The number of amides is 2. The van der Waals surface area contributed by atoms with E-state index in [0.29, 0.717) is 28.1 Å². The van der Waals surface area contributed by atoms with Gasteiger partial charge in [0.15, 0.2) is 11.0 Å². The first kappa shape index (κ1) is 23.8. The molecule has 1 atom stereocenters. The van der Waals surface area contributed by atoms with Gasteiger partial charge in [0.05, 0.1) is 11.8 Å². The zero-order valence-corrected chi connectivity index (χ0v) is 20.4. The van der Waals surface area contributed by atoms with Crippen LogP contribution in [0.25, 0.3) is 10.8 Å². The van der Waals surface area contributed by atoms with E-state index < -0.39 is 0 Å². The van der Waals surface area contributed by atoms with Crippen molar-refractivity contribution in [3.05, 3.63) is 83.1 Å². The average molecular weight is 494 g/mol. The maximum Gasteiger partial charge on any atom is 0.251 e. The summed E-state index contributed by atoms with van der Waals surface area (Å²) in [7, 11) is 0. The summed E-state index contributed by atoms with van der Waals surface area (Å²) >= 11 is 7.21. The van der Waals surface area contributed by atoms with Crippen LogP contribution in [0.3, 0.4) is 0 Å². The van der Waals surface area contributed by atoms with Gasteiger partial charge in [0.1, 0.15) is 0 Å². The fourth-order valence-electron chi connectivity index (χ4n) is 3.62. The van der Waals surface area contributed by atoms with Gasteiger partial charge in [-0.25, -0.2) is 0 Å². The number of aromatic nitrogens is 3. The van der Waals surface area contributed by atoms with Gasteiger partial charge in [0.2, 0.25) is 5.91 Å². The second-order valence-corrected chi connectivity index (χ2v) is 9.03. The van der Waals surface area contributed by atoms with Crippen LogP contribution in [0, 0.1) is 0 Å². The third-order valence-electron chi connectivity index (χ3n) is 5.30. The van der Waals surface area contributed by atoms with Gasteiger partial charge in [-0.05, 0) is 49.6 Å². The molecule has 0 bridgehead atoms. The van der Waals surface area contributed by atoms with E-state index in [2.05, 4.69) is 20.8 Å². The number of fused-ring (bicyclic) bond motifs is 1. The van der Waals surface area contributed by atoms with Gasteiger partial charge < -0.3 is 15.2 Å². The SMILES string of the molecule is CCn1c(SCC(=O)Nc2cccc3ccccc23)nnc1[C@@H](C)NC(=O)c1ccc(Cl)cc1. The van der Waals surface area contributed by atoms with E-state index in [4.69, 9.17) is 11.6 Å². The fraction of sp³-hybridized carbons (Fsp3) is 0.200. The van der Waals surface area contributed by atoms with Gasteiger partial charge in [0, 0.05) is 28.2 Å². The minimum absolute atomic E-state index is 0.127. The number of benzene rings is 3. The van der Waals surface area contributed by atoms with Crippen molar-refractivity contribution in [1.29, 1.82) is 0 Å². The summed E-state index contributed by atoms with van der Waals surface area (Å²) in [4.78, 5) is 25.2. The molecule has 9 heteroatoms. The molecule has 174 valence electrons. The fourth-order valence-corrected chi connectivity index (χ4v) is 4.56. The van der Waals surface area contributed by atoms with Crippen molar-refractivity contribution < 1.29 is 9.59 Å². The van der Waals surface area contributed by atoms with Crippen molar-refractivity contribution >= 4 is 51.6 Å². The summed E-state index contributed by atoms with van der Waals surface area (Å²) in [6, 6.07) is 20.1. The van der Waals surface area contributed by atoms with Crippen LogP contribution in [0.2, 0.25) is 5.02 Å². The Morgan fingerprint density at radius 2 is 1.76 bits per heavy atom. The number of halogens is 1.